The Hall–Kier alpha value is -4.52. The number of hydrogen-bond acceptors (Lipinski definition) is 7. The van der Waals surface area contributed by atoms with Crippen LogP contribution >= 0.6 is 12.4 Å². The molecule has 0 atom stereocenters. The molecular formula is C33H50ClN7O6. The summed E-state index contributed by atoms with van der Waals surface area (Å²) in [5.41, 5.74) is 12.3. The fraction of sp³-hybridized carbons (Fsp3) is 0.485. The molecule has 14 heteroatoms. The molecule has 0 spiro atoms. The smallest absolute Gasteiger partial charge is 0.410 e. The molecule has 0 radical (unpaired) electrons. The third-order valence-electron chi connectivity index (χ3n) is 6.78. The molecule has 47 heavy (non-hydrogen) atoms. The first kappa shape index (κ1) is 40.5. The molecule has 260 valence electrons. The lowest BCUT2D eigenvalue weighted by Gasteiger charge is -2.22. The topological polar surface area (TPSA) is 190 Å². The predicted octanol–water partition coefficient (Wildman–Crippen LogP) is 3.60. The molecular weight excluding hydrogens is 626 g/mol. The number of ether oxygens (including phenoxy) is 2. The second kappa shape index (κ2) is 25.6. The van der Waals surface area contributed by atoms with Gasteiger partial charge in [-0.3, -0.25) is 14.6 Å². The second-order valence-electron chi connectivity index (χ2n) is 10.7. The van der Waals surface area contributed by atoms with Gasteiger partial charge in [-0.2, -0.15) is 0 Å². The van der Waals surface area contributed by atoms with E-state index in [9.17, 15) is 19.2 Å². The summed E-state index contributed by atoms with van der Waals surface area (Å²) in [5, 5.41) is 8.14. The molecule has 2 rings (SSSR count). The van der Waals surface area contributed by atoms with Gasteiger partial charge < -0.3 is 41.8 Å². The van der Waals surface area contributed by atoms with E-state index in [0.717, 1.165) is 36.8 Å². The van der Waals surface area contributed by atoms with Gasteiger partial charge in [0.1, 0.15) is 13.2 Å². The van der Waals surface area contributed by atoms with Crippen molar-refractivity contribution in [1.29, 1.82) is 0 Å². The van der Waals surface area contributed by atoms with Gasteiger partial charge in [0.25, 0.3) is 0 Å². The number of alkyl carbamates (subject to hydrolysis) is 1. The van der Waals surface area contributed by atoms with Crippen molar-refractivity contribution >= 4 is 42.4 Å². The molecule has 13 nitrogen and oxygen atoms in total. The number of rotatable bonds is 22. The molecule has 0 saturated carbocycles. The fourth-order valence-corrected chi connectivity index (χ4v) is 4.28. The summed E-state index contributed by atoms with van der Waals surface area (Å²) in [4.78, 5) is 54.6. The van der Waals surface area contributed by atoms with Crippen molar-refractivity contribution in [3.63, 3.8) is 0 Å². The third-order valence-corrected chi connectivity index (χ3v) is 6.78. The van der Waals surface area contributed by atoms with E-state index in [0.29, 0.717) is 58.4 Å². The van der Waals surface area contributed by atoms with Gasteiger partial charge >= 0.3 is 12.2 Å². The van der Waals surface area contributed by atoms with Crippen molar-refractivity contribution < 1.29 is 28.7 Å². The Kier molecular flexibility index (Phi) is 22.1. The van der Waals surface area contributed by atoms with E-state index in [4.69, 9.17) is 20.9 Å². The molecule has 0 heterocycles. The van der Waals surface area contributed by atoms with Crippen LogP contribution in [-0.2, 0) is 32.3 Å². The van der Waals surface area contributed by atoms with E-state index in [1.165, 1.54) is 0 Å². The summed E-state index contributed by atoms with van der Waals surface area (Å²) in [6, 6.07) is 18.8. The molecule has 0 aliphatic heterocycles. The average molecular weight is 676 g/mol. The molecule has 0 fully saturated rings. The van der Waals surface area contributed by atoms with Crippen LogP contribution in [0.25, 0.3) is 0 Å². The van der Waals surface area contributed by atoms with E-state index < -0.39 is 12.2 Å². The van der Waals surface area contributed by atoms with Crippen LogP contribution in [0.15, 0.2) is 65.7 Å². The summed E-state index contributed by atoms with van der Waals surface area (Å²) in [6.45, 7) is 2.37. The van der Waals surface area contributed by atoms with E-state index in [2.05, 4.69) is 20.9 Å². The van der Waals surface area contributed by atoms with E-state index in [1.54, 1.807) is 4.90 Å². The number of guanidine groups is 1. The first-order valence-electron chi connectivity index (χ1n) is 15.8. The molecule has 2 aromatic carbocycles. The molecule has 2 aromatic rings. The van der Waals surface area contributed by atoms with Gasteiger partial charge in [-0.15, -0.1) is 12.4 Å². The Morgan fingerprint density at radius 3 is 1.91 bits per heavy atom. The number of nitrogens with one attached hydrogen (secondary N) is 3. The summed E-state index contributed by atoms with van der Waals surface area (Å²) in [7, 11) is 0. The fourth-order valence-electron chi connectivity index (χ4n) is 4.28. The van der Waals surface area contributed by atoms with Gasteiger partial charge in [0, 0.05) is 39.1 Å². The Balaban J connectivity index is 0.0000110. The van der Waals surface area contributed by atoms with Crippen LogP contribution < -0.4 is 27.4 Å². The van der Waals surface area contributed by atoms with Crippen molar-refractivity contribution in [1.82, 2.24) is 20.9 Å². The monoisotopic (exact) mass is 675 g/mol. The number of unbranched alkanes of at least 4 members (excludes halogenated alkanes) is 4. The number of nitrogens with zero attached hydrogens (tertiary/aromatic N) is 2. The second-order valence-corrected chi connectivity index (χ2v) is 10.7. The van der Waals surface area contributed by atoms with Crippen LogP contribution in [-0.4, -0.2) is 74.1 Å². The van der Waals surface area contributed by atoms with E-state index in [-0.39, 0.29) is 49.9 Å². The van der Waals surface area contributed by atoms with Gasteiger partial charge in [0.2, 0.25) is 11.8 Å². The van der Waals surface area contributed by atoms with E-state index >= 15 is 0 Å². The quantitative estimate of drug-likeness (QED) is 0.0710. The maximum absolute atomic E-state index is 12.9. The van der Waals surface area contributed by atoms with Crippen molar-refractivity contribution in [2.24, 2.45) is 16.5 Å². The lowest BCUT2D eigenvalue weighted by molar-refractivity contribution is -0.126. The maximum Gasteiger partial charge on any atom is 0.410 e. The van der Waals surface area contributed by atoms with Crippen LogP contribution in [0.4, 0.5) is 9.59 Å². The third kappa shape index (κ3) is 21.0. The van der Waals surface area contributed by atoms with Crippen LogP contribution in [0, 0.1) is 0 Å². The number of carbonyl (C=O) groups is 4. The molecule has 0 saturated heterocycles. The maximum atomic E-state index is 12.9. The summed E-state index contributed by atoms with van der Waals surface area (Å²) in [6.07, 6.45) is 4.55. The lowest BCUT2D eigenvalue weighted by Crippen LogP contribution is -2.38. The predicted molar refractivity (Wildman–Crippen MR) is 184 cm³/mol. The highest BCUT2D eigenvalue weighted by molar-refractivity contribution is 5.85. The number of amides is 4. The summed E-state index contributed by atoms with van der Waals surface area (Å²) >= 11 is 0. The van der Waals surface area contributed by atoms with Gasteiger partial charge in [0.05, 0.1) is 6.54 Å². The van der Waals surface area contributed by atoms with Crippen LogP contribution in [0.1, 0.15) is 62.5 Å². The van der Waals surface area contributed by atoms with Crippen molar-refractivity contribution in [3.8, 4) is 0 Å². The highest BCUT2D eigenvalue weighted by Gasteiger charge is 2.15. The highest BCUT2D eigenvalue weighted by Crippen LogP contribution is 2.06. The molecule has 0 aliphatic carbocycles. The van der Waals surface area contributed by atoms with Gasteiger partial charge in [-0.25, -0.2) is 9.59 Å². The number of aliphatic imine (C=N–C) groups is 1. The first-order valence-corrected chi connectivity index (χ1v) is 15.8. The van der Waals surface area contributed by atoms with Gasteiger partial charge in [-0.05, 0) is 43.2 Å². The standard InChI is InChI=1S/C33H49N7O6.ClH/c34-31(35)37-20-10-2-1-9-18-29(41)39-24-30(42)36-19-11-12-22-40(33(44)46-26-28-16-7-4-8-17-28)23-13-21-38-32(43)45-25-27-14-5-3-6-15-27;/h3-8,14-17H,1-2,9-13,18-26H2,(H,36,42)(H,38,43)(H,39,41)(H4,34,35,37);1H. The van der Waals surface area contributed by atoms with Crippen molar-refractivity contribution in [3.05, 3.63) is 71.8 Å². The minimum atomic E-state index is -0.523. The van der Waals surface area contributed by atoms with E-state index in [1.807, 2.05) is 60.7 Å². The largest absolute Gasteiger partial charge is 0.445 e. The number of hydrogen-bond donors (Lipinski definition) is 5. The highest BCUT2D eigenvalue weighted by atomic mass is 35.5. The number of benzene rings is 2. The molecule has 0 aliphatic rings. The van der Waals surface area contributed by atoms with Crippen LogP contribution in [0.5, 0.6) is 0 Å². The Bertz CT molecular complexity index is 1200. The molecule has 7 N–H and O–H groups in total. The minimum absolute atomic E-state index is 0. The zero-order chi connectivity index (χ0) is 33.2. The van der Waals surface area contributed by atoms with Crippen LogP contribution in [0.2, 0.25) is 0 Å². The SMILES string of the molecule is Cl.NC(N)=NCCCCCCC(=O)NCC(=O)NCCCCN(CCCNC(=O)OCc1ccccc1)C(=O)OCc1ccccc1. The Labute approximate surface area is 283 Å². The Morgan fingerprint density at radius 2 is 1.26 bits per heavy atom. The van der Waals surface area contributed by atoms with Crippen molar-refractivity contribution in [2.75, 3.05) is 39.3 Å². The molecule has 0 bridgehead atoms. The number of halogens is 1. The zero-order valence-electron chi connectivity index (χ0n) is 27.0. The lowest BCUT2D eigenvalue weighted by atomic mass is 10.1. The average Bonchev–Trinajstić information content (AvgIpc) is 3.06. The molecule has 0 unspecified atom stereocenters. The van der Waals surface area contributed by atoms with Crippen LogP contribution in [0.3, 0.4) is 0 Å². The van der Waals surface area contributed by atoms with Gasteiger partial charge in [-0.1, -0.05) is 73.5 Å². The normalized spacial score (nSPS) is 10.1. The molecule has 0 aromatic heterocycles. The summed E-state index contributed by atoms with van der Waals surface area (Å²) < 4.78 is 10.7. The minimum Gasteiger partial charge on any atom is -0.445 e. The molecule has 4 amide bonds. The Morgan fingerprint density at radius 1 is 0.660 bits per heavy atom. The van der Waals surface area contributed by atoms with Gasteiger partial charge in [0.15, 0.2) is 5.96 Å². The van der Waals surface area contributed by atoms with Crippen molar-refractivity contribution in [2.45, 2.75) is 64.6 Å². The zero-order valence-corrected chi connectivity index (χ0v) is 27.8. The number of nitrogens with two attached hydrogens (primary N) is 2. The number of carbonyl (C=O) groups excluding carboxylic acids is 4. The first-order chi connectivity index (χ1) is 22.3. The summed E-state index contributed by atoms with van der Waals surface area (Å²) in [5.74, 6) is -0.350.